The number of ether oxygens (including phenoxy) is 2. The molecule has 50 heavy (non-hydrogen) atoms. The first-order valence-electron chi connectivity index (χ1n) is 15.3. The van der Waals surface area contributed by atoms with Crippen molar-refractivity contribution in [2.45, 2.75) is 0 Å². The van der Waals surface area contributed by atoms with Crippen LogP contribution in [-0.4, -0.2) is 44.0 Å². The van der Waals surface area contributed by atoms with Crippen molar-refractivity contribution < 1.29 is 33.4 Å². The third-order valence-corrected chi connectivity index (χ3v) is 7.80. The van der Waals surface area contributed by atoms with Gasteiger partial charge in [0.05, 0.1) is 25.3 Å². The first kappa shape index (κ1) is 32.9. The Morgan fingerprint density at radius 1 is 0.400 bits per heavy atom. The van der Waals surface area contributed by atoms with E-state index in [1.807, 2.05) is 24.3 Å². The maximum atomic E-state index is 13.0. The van der Waals surface area contributed by atoms with Gasteiger partial charge in [0.15, 0.2) is 0 Å². The van der Waals surface area contributed by atoms with E-state index in [0.29, 0.717) is 45.0 Å². The van der Waals surface area contributed by atoms with E-state index >= 15 is 0 Å². The van der Waals surface area contributed by atoms with E-state index in [-0.39, 0.29) is 11.8 Å². The van der Waals surface area contributed by atoms with Crippen molar-refractivity contribution in [3.63, 3.8) is 0 Å². The van der Waals surface area contributed by atoms with E-state index < -0.39 is 18.0 Å². The number of urea groups is 1. The summed E-state index contributed by atoms with van der Waals surface area (Å²) in [5, 5.41) is 14.4. The number of methoxy groups -OCH3 is 2. The first-order valence-corrected chi connectivity index (χ1v) is 15.3. The molecule has 4 amide bonds. The van der Waals surface area contributed by atoms with Crippen LogP contribution >= 0.6 is 0 Å². The van der Waals surface area contributed by atoms with Crippen LogP contribution in [0.15, 0.2) is 121 Å². The van der Waals surface area contributed by atoms with Gasteiger partial charge in [-0.15, -0.1) is 0 Å². The van der Waals surface area contributed by atoms with Gasteiger partial charge in [0, 0.05) is 33.9 Å². The molecule has 0 spiro atoms. The molecule has 0 heterocycles. The molecule has 0 saturated carbocycles. The lowest BCUT2D eigenvalue weighted by Gasteiger charge is -2.11. The van der Waals surface area contributed by atoms with Crippen LogP contribution in [-0.2, 0) is 9.47 Å². The van der Waals surface area contributed by atoms with E-state index in [2.05, 4.69) is 21.3 Å². The van der Waals surface area contributed by atoms with Crippen LogP contribution in [0.2, 0.25) is 0 Å². The molecule has 0 saturated heterocycles. The minimum absolute atomic E-state index is 0.315. The average Bonchev–Trinajstić information content (AvgIpc) is 3.13. The van der Waals surface area contributed by atoms with Gasteiger partial charge in [-0.05, 0) is 106 Å². The van der Waals surface area contributed by atoms with Gasteiger partial charge in [0.1, 0.15) is 0 Å². The number of rotatable bonds is 8. The summed E-state index contributed by atoms with van der Waals surface area (Å²) >= 11 is 0. The zero-order chi connectivity index (χ0) is 35.2. The lowest BCUT2D eigenvalue weighted by molar-refractivity contribution is 0.0592. The molecule has 11 heteroatoms. The molecule has 0 aliphatic rings. The maximum Gasteiger partial charge on any atom is 0.337 e. The Kier molecular flexibility index (Phi) is 9.48. The number of hydrogen-bond donors (Lipinski definition) is 4. The molecule has 0 radical (unpaired) electrons. The van der Waals surface area contributed by atoms with E-state index in [4.69, 9.17) is 9.47 Å². The van der Waals surface area contributed by atoms with Crippen molar-refractivity contribution in [3.05, 3.63) is 144 Å². The molecule has 248 valence electrons. The number of carbonyl (C=O) groups excluding carboxylic acids is 5. The van der Waals surface area contributed by atoms with Crippen LogP contribution in [0, 0.1) is 0 Å². The Morgan fingerprint density at radius 3 is 1.22 bits per heavy atom. The first-order chi connectivity index (χ1) is 24.2. The second-order valence-electron chi connectivity index (χ2n) is 11.2. The molecule has 0 unspecified atom stereocenters. The fraction of sp³-hybridized carbons (Fsp3) is 0.0513. The van der Waals surface area contributed by atoms with Crippen LogP contribution in [0.25, 0.3) is 21.5 Å². The number of fused-ring (bicyclic) bond motifs is 2. The Balaban J connectivity index is 1.12. The Bertz CT molecular complexity index is 2160. The van der Waals surface area contributed by atoms with Gasteiger partial charge in [-0.2, -0.15) is 0 Å². The molecule has 6 rings (SSSR count). The van der Waals surface area contributed by atoms with Crippen LogP contribution in [0.1, 0.15) is 41.4 Å². The summed E-state index contributed by atoms with van der Waals surface area (Å²) in [6, 6.07) is 33.5. The van der Waals surface area contributed by atoms with Crippen molar-refractivity contribution >= 4 is 74.1 Å². The van der Waals surface area contributed by atoms with Gasteiger partial charge < -0.3 is 30.7 Å². The highest BCUT2D eigenvalue weighted by Crippen LogP contribution is 2.24. The largest absolute Gasteiger partial charge is 0.465 e. The molecular formula is C39H30N4O7. The molecule has 0 aliphatic carbocycles. The fourth-order valence-corrected chi connectivity index (χ4v) is 5.31. The minimum atomic E-state index is -0.507. The minimum Gasteiger partial charge on any atom is -0.465 e. The molecule has 0 aliphatic heterocycles. The number of amides is 4. The lowest BCUT2D eigenvalue weighted by atomic mass is 10.1. The third kappa shape index (κ3) is 7.58. The van der Waals surface area contributed by atoms with Gasteiger partial charge in [-0.1, -0.05) is 36.4 Å². The van der Waals surface area contributed by atoms with Gasteiger partial charge in [-0.3, -0.25) is 9.59 Å². The highest BCUT2D eigenvalue weighted by atomic mass is 16.5. The summed E-state index contributed by atoms with van der Waals surface area (Å²) < 4.78 is 9.50. The molecule has 0 aromatic heterocycles. The number of hydrogen-bond acceptors (Lipinski definition) is 7. The number of anilines is 4. The maximum absolute atomic E-state index is 13.0. The Morgan fingerprint density at radius 2 is 0.800 bits per heavy atom. The Hall–Kier alpha value is -7.01. The highest BCUT2D eigenvalue weighted by Gasteiger charge is 2.13. The van der Waals surface area contributed by atoms with Crippen LogP contribution in [0.3, 0.4) is 0 Å². The van der Waals surface area contributed by atoms with E-state index in [1.54, 1.807) is 84.9 Å². The zero-order valence-corrected chi connectivity index (χ0v) is 26.9. The Labute approximate surface area is 286 Å². The van der Waals surface area contributed by atoms with Crippen LogP contribution in [0.4, 0.5) is 27.5 Å². The highest BCUT2D eigenvalue weighted by molar-refractivity contribution is 6.09. The van der Waals surface area contributed by atoms with Gasteiger partial charge in [0.25, 0.3) is 11.8 Å². The second kappa shape index (κ2) is 14.4. The normalized spacial score (nSPS) is 10.6. The molecule has 11 nitrogen and oxygen atoms in total. The second-order valence-corrected chi connectivity index (χ2v) is 11.2. The fourth-order valence-electron chi connectivity index (χ4n) is 5.31. The molecule has 6 aromatic carbocycles. The molecule has 6 aromatic rings. The lowest BCUT2D eigenvalue weighted by Crippen LogP contribution is -2.19. The SMILES string of the molecule is COC(=O)c1cccc(NC(=O)c2ccc3ccc(NC(=O)Nc4ccc5ccc(C(=O)Nc6cccc(C(=O)OC)c6)cc5c4)cc3c2)c1. The summed E-state index contributed by atoms with van der Waals surface area (Å²) in [6.45, 7) is 0. The quantitative estimate of drug-likeness (QED) is 0.121. The summed E-state index contributed by atoms with van der Waals surface area (Å²) in [5.74, 6) is -1.75. The molecule has 4 N–H and O–H groups in total. The zero-order valence-electron chi connectivity index (χ0n) is 26.9. The van der Waals surface area contributed by atoms with Crippen LogP contribution < -0.4 is 21.3 Å². The summed E-state index contributed by atoms with van der Waals surface area (Å²) in [5.41, 5.74) is 3.32. The number of esters is 2. The van der Waals surface area contributed by atoms with Crippen molar-refractivity contribution in [3.8, 4) is 0 Å². The van der Waals surface area contributed by atoms with E-state index in [0.717, 1.165) is 21.5 Å². The van der Waals surface area contributed by atoms with E-state index in [9.17, 15) is 24.0 Å². The third-order valence-electron chi connectivity index (χ3n) is 7.80. The standard InChI is InChI=1S/C39H30N4O7/c1-49-37(46)27-5-3-7-31(19-27)40-35(44)25-11-9-23-13-15-33(21-29(23)17-25)42-39(48)43-34-16-14-24-10-12-26(18-30(24)22-34)36(45)41-32-8-4-6-28(20-32)38(47)50-2/h3-22H,1-2H3,(H,40,44)(H,41,45)(H2,42,43,48). The topological polar surface area (TPSA) is 152 Å². The average molecular weight is 667 g/mol. The van der Waals surface area contributed by atoms with Gasteiger partial charge in [0.2, 0.25) is 0 Å². The number of nitrogens with one attached hydrogen (secondary N) is 4. The van der Waals surface area contributed by atoms with Gasteiger partial charge in [-0.25, -0.2) is 14.4 Å². The smallest absolute Gasteiger partial charge is 0.337 e. The van der Waals surface area contributed by atoms with Crippen molar-refractivity contribution in [1.29, 1.82) is 0 Å². The molecular weight excluding hydrogens is 636 g/mol. The van der Waals surface area contributed by atoms with Crippen LogP contribution in [0.5, 0.6) is 0 Å². The van der Waals surface area contributed by atoms with Crippen molar-refractivity contribution in [1.82, 2.24) is 0 Å². The number of carbonyl (C=O) groups is 5. The van der Waals surface area contributed by atoms with Crippen molar-refractivity contribution in [2.24, 2.45) is 0 Å². The summed E-state index contributed by atoms with van der Waals surface area (Å²) in [7, 11) is 2.58. The molecule has 0 atom stereocenters. The van der Waals surface area contributed by atoms with Crippen molar-refractivity contribution in [2.75, 3.05) is 35.5 Å². The molecule has 0 bridgehead atoms. The summed E-state index contributed by atoms with van der Waals surface area (Å²) in [4.78, 5) is 62.7. The van der Waals surface area contributed by atoms with E-state index in [1.165, 1.54) is 26.4 Å². The summed E-state index contributed by atoms with van der Waals surface area (Å²) in [6.07, 6.45) is 0. The number of benzene rings is 6. The predicted octanol–water partition coefficient (Wildman–Crippen LogP) is 7.71. The molecule has 0 fully saturated rings. The van der Waals surface area contributed by atoms with Gasteiger partial charge >= 0.3 is 18.0 Å². The predicted molar refractivity (Wildman–Crippen MR) is 192 cm³/mol. The monoisotopic (exact) mass is 666 g/mol.